The van der Waals surface area contributed by atoms with Crippen LogP contribution in [-0.2, 0) is 0 Å². The molecule has 1 aliphatic carbocycles. The van der Waals surface area contributed by atoms with Crippen molar-refractivity contribution in [1.82, 2.24) is 0 Å². The molecule has 0 amide bonds. The van der Waals surface area contributed by atoms with E-state index in [-0.39, 0.29) is 0 Å². The molecule has 1 saturated carbocycles. The molecule has 0 bridgehead atoms. The lowest BCUT2D eigenvalue weighted by atomic mass is 9.98. The van der Waals surface area contributed by atoms with Crippen molar-refractivity contribution in [3.8, 4) is 0 Å². The molecule has 0 heterocycles. The molecule has 1 fully saturated rings. The maximum absolute atomic E-state index is 6.12. The molecular formula is C11H12Cl2. The summed E-state index contributed by atoms with van der Waals surface area (Å²) in [7, 11) is 0. The predicted octanol–water partition coefficient (Wildman–Crippen LogP) is 4.65. The zero-order valence-corrected chi connectivity index (χ0v) is 8.91. The van der Waals surface area contributed by atoms with Gasteiger partial charge in [0.2, 0.25) is 0 Å². The summed E-state index contributed by atoms with van der Waals surface area (Å²) in [4.78, 5) is 0. The van der Waals surface area contributed by atoms with Gasteiger partial charge in [-0.2, -0.15) is 0 Å². The van der Waals surface area contributed by atoms with Crippen LogP contribution in [0.15, 0.2) is 18.2 Å². The van der Waals surface area contributed by atoms with E-state index in [1.807, 2.05) is 18.2 Å². The minimum absolute atomic E-state index is 0.645. The van der Waals surface area contributed by atoms with Gasteiger partial charge in [-0.1, -0.05) is 36.0 Å². The van der Waals surface area contributed by atoms with Crippen LogP contribution in [0.4, 0.5) is 0 Å². The maximum Gasteiger partial charge on any atom is 0.0441 e. The summed E-state index contributed by atoms with van der Waals surface area (Å²) < 4.78 is 0. The van der Waals surface area contributed by atoms with E-state index in [9.17, 15) is 0 Å². The van der Waals surface area contributed by atoms with Crippen molar-refractivity contribution in [1.29, 1.82) is 0 Å². The molecule has 13 heavy (non-hydrogen) atoms. The van der Waals surface area contributed by atoms with E-state index in [0.29, 0.717) is 5.92 Å². The van der Waals surface area contributed by atoms with Gasteiger partial charge in [0.25, 0.3) is 0 Å². The van der Waals surface area contributed by atoms with Gasteiger partial charge >= 0.3 is 0 Å². The third-order valence-corrected chi connectivity index (χ3v) is 3.33. The molecule has 0 spiro atoms. The highest BCUT2D eigenvalue weighted by molar-refractivity contribution is 6.33. The van der Waals surface area contributed by atoms with Crippen LogP contribution >= 0.6 is 23.2 Å². The topological polar surface area (TPSA) is 0 Å². The van der Waals surface area contributed by atoms with Crippen LogP contribution in [0.5, 0.6) is 0 Å². The van der Waals surface area contributed by atoms with Crippen LogP contribution in [0.2, 0.25) is 10.0 Å². The third-order valence-electron chi connectivity index (χ3n) is 2.75. The Bertz CT molecular complexity index is 301. The Hall–Kier alpha value is -0.200. The molecule has 2 heteroatoms. The summed E-state index contributed by atoms with van der Waals surface area (Å²) in [5.41, 5.74) is 1.24. The molecule has 0 atom stereocenters. The van der Waals surface area contributed by atoms with Crippen LogP contribution < -0.4 is 0 Å². The number of hydrogen-bond donors (Lipinski definition) is 0. The average Bonchev–Trinajstić information content (AvgIpc) is 2.61. The van der Waals surface area contributed by atoms with Gasteiger partial charge in [0.1, 0.15) is 0 Å². The van der Waals surface area contributed by atoms with Crippen molar-refractivity contribution >= 4 is 23.2 Å². The fraction of sp³-hybridized carbons (Fsp3) is 0.455. The van der Waals surface area contributed by atoms with Gasteiger partial charge in [0.15, 0.2) is 0 Å². The molecule has 0 aliphatic heterocycles. The Morgan fingerprint density at radius 2 is 1.77 bits per heavy atom. The summed E-state index contributed by atoms with van der Waals surface area (Å²) in [5.74, 6) is 0.645. The Balaban J connectivity index is 2.32. The normalized spacial score (nSPS) is 18.0. The van der Waals surface area contributed by atoms with Gasteiger partial charge in [-0.05, 0) is 42.5 Å². The Morgan fingerprint density at radius 1 is 1.08 bits per heavy atom. The standard InChI is InChI=1S/C11H12Cl2/c12-9-5-6-11(13)10(7-9)8-3-1-2-4-8/h5-8H,1-4H2. The summed E-state index contributed by atoms with van der Waals surface area (Å²) in [5, 5.41) is 1.67. The van der Waals surface area contributed by atoms with Crippen LogP contribution in [0.25, 0.3) is 0 Å². The summed E-state index contributed by atoms with van der Waals surface area (Å²) in [6, 6.07) is 5.76. The van der Waals surface area contributed by atoms with Crippen molar-refractivity contribution < 1.29 is 0 Å². The summed E-state index contributed by atoms with van der Waals surface area (Å²) in [6.45, 7) is 0. The van der Waals surface area contributed by atoms with Crippen LogP contribution in [0, 0.1) is 0 Å². The lowest BCUT2D eigenvalue weighted by Crippen LogP contribution is -1.92. The molecule has 0 aromatic heterocycles. The lowest BCUT2D eigenvalue weighted by Gasteiger charge is -2.11. The van der Waals surface area contributed by atoms with E-state index in [1.54, 1.807) is 0 Å². The molecule has 0 unspecified atom stereocenters. The Labute approximate surface area is 88.9 Å². The van der Waals surface area contributed by atoms with Crippen molar-refractivity contribution in [2.75, 3.05) is 0 Å². The van der Waals surface area contributed by atoms with Gasteiger partial charge in [0, 0.05) is 10.0 Å². The molecule has 2 rings (SSSR count). The molecule has 1 aromatic rings. The highest BCUT2D eigenvalue weighted by atomic mass is 35.5. The minimum Gasteiger partial charge on any atom is -0.0843 e. The summed E-state index contributed by atoms with van der Waals surface area (Å²) in [6.07, 6.45) is 5.18. The molecular weight excluding hydrogens is 203 g/mol. The van der Waals surface area contributed by atoms with Gasteiger partial charge in [0.05, 0.1) is 0 Å². The van der Waals surface area contributed by atoms with Crippen LogP contribution in [0.3, 0.4) is 0 Å². The number of halogens is 2. The van der Waals surface area contributed by atoms with Crippen molar-refractivity contribution in [2.45, 2.75) is 31.6 Å². The molecule has 70 valence electrons. The van der Waals surface area contributed by atoms with Crippen molar-refractivity contribution in [2.24, 2.45) is 0 Å². The zero-order valence-electron chi connectivity index (χ0n) is 7.39. The first kappa shape index (κ1) is 9.36. The van der Waals surface area contributed by atoms with Gasteiger partial charge in [-0.3, -0.25) is 0 Å². The molecule has 1 aliphatic rings. The van der Waals surface area contributed by atoms with E-state index in [0.717, 1.165) is 10.0 Å². The first-order valence-corrected chi connectivity index (χ1v) is 5.48. The summed E-state index contributed by atoms with van der Waals surface area (Å²) >= 11 is 12.1. The van der Waals surface area contributed by atoms with E-state index in [2.05, 4.69) is 0 Å². The lowest BCUT2D eigenvalue weighted by molar-refractivity contribution is 0.723. The quantitative estimate of drug-likeness (QED) is 0.639. The second-order valence-electron chi connectivity index (χ2n) is 3.65. The average molecular weight is 215 g/mol. The third kappa shape index (κ3) is 2.00. The molecule has 0 saturated heterocycles. The largest absolute Gasteiger partial charge is 0.0843 e. The number of rotatable bonds is 1. The SMILES string of the molecule is Clc1ccc(Cl)c(C2CCCC2)c1. The monoisotopic (exact) mass is 214 g/mol. The van der Waals surface area contributed by atoms with Crippen molar-refractivity contribution in [3.05, 3.63) is 33.8 Å². The molecule has 0 nitrogen and oxygen atoms in total. The first-order chi connectivity index (χ1) is 6.27. The van der Waals surface area contributed by atoms with E-state index in [1.165, 1.54) is 31.2 Å². The maximum atomic E-state index is 6.12. The van der Waals surface area contributed by atoms with Crippen LogP contribution in [-0.4, -0.2) is 0 Å². The first-order valence-electron chi connectivity index (χ1n) is 4.72. The van der Waals surface area contributed by atoms with E-state index < -0.39 is 0 Å². The van der Waals surface area contributed by atoms with E-state index >= 15 is 0 Å². The zero-order chi connectivity index (χ0) is 9.26. The number of benzene rings is 1. The Kier molecular flexibility index (Phi) is 2.80. The van der Waals surface area contributed by atoms with Gasteiger partial charge in [-0.15, -0.1) is 0 Å². The number of hydrogen-bond acceptors (Lipinski definition) is 0. The fourth-order valence-corrected chi connectivity index (χ4v) is 2.52. The van der Waals surface area contributed by atoms with Crippen LogP contribution in [0.1, 0.15) is 37.2 Å². The molecule has 0 radical (unpaired) electrons. The molecule has 0 N–H and O–H groups in total. The smallest absolute Gasteiger partial charge is 0.0441 e. The van der Waals surface area contributed by atoms with Crippen molar-refractivity contribution in [3.63, 3.8) is 0 Å². The van der Waals surface area contributed by atoms with E-state index in [4.69, 9.17) is 23.2 Å². The van der Waals surface area contributed by atoms with Gasteiger partial charge < -0.3 is 0 Å². The highest BCUT2D eigenvalue weighted by Gasteiger charge is 2.19. The fourth-order valence-electron chi connectivity index (χ4n) is 2.06. The highest BCUT2D eigenvalue weighted by Crippen LogP contribution is 2.38. The van der Waals surface area contributed by atoms with Gasteiger partial charge in [-0.25, -0.2) is 0 Å². The second-order valence-corrected chi connectivity index (χ2v) is 4.49. The minimum atomic E-state index is 0.645. The molecule has 1 aromatic carbocycles. The predicted molar refractivity (Wildman–Crippen MR) is 57.7 cm³/mol. The second kappa shape index (κ2) is 3.89. The Morgan fingerprint density at radius 3 is 2.46 bits per heavy atom.